The molecule has 0 spiro atoms. The van der Waals surface area contributed by atoms with Crippen molar-refractivity contribution >= 4 is 15.9 Å². The van der Waals surface area contributed by atoms with E-state index >= 15 is 0 Å². The Kier molecular flexibility index (Phi) is 6.91. The van der Waals surface area contributed by atoms with Gasteiger partial charge >= 0.3 is 0 Å². The molecule has 0 aromatic rings. The van der Waals surface area contributed by atoms with Crippen LogP contribution < -0.4 is 10.2 Å². The Morgan fingerprint density at radius 3 is 2.70 bits per heavy atom. The molecule has 0 radical (unpaired) electrons. The number of nitrogens with one attached hydrogen (secondary N) is 2. The quantitative estimate of drug-likeness (QED) is 0.614. The second kappa shape index (κ2) is 7.95. The number of piperidine rings is 1. The predicted molar refractivity (Wildman–Crippen MR) is 79.1 cm³/mol. The molecule has 1 unspecified atom stereocenters. The number of hydrogen-bond donors (Lipinski definition) is 2. The maximum atomic E-state index is 12.1. The fourth-order valence-electron chi connectivity index (χ4n) is 2.38. The van der Waals surface area contributed by atoms with Crippen molar-refractivity contribution in [2.75, 3.05) is 46.0 Å². The van der Waals surface area contributed by atoms with Gasteiger partial charge in [0.2, 0.25) is 15.9 Å². The molecule has 0 saturated carbocycles. The van der Waals surface area contributed by atoms with Gasteiger partial charge in [-0.2, -0.15) is 0 Å². The van der Waals surface area contributed by atoms with Crippen molar-refractivity contribution < 1.29 is 18.1 Å². The van der Waals surface area contributed by atoms with Crippen molar-refractivity contribution in [2.24, 2.45) is 5.92 Å². The normalized spacial score (nSPS) is 21.1. The molecular weight excluding hydrogens is 278 g/mol. The second-order valence-electron chi connectivity index (χ2n) is 5.76. The standard InChI is InChI=1S/C13H27N3O3S/c1-4-10-20(18,19)16-8-5-6-12(11-16)13(17)14-7-9-15(2)3/h12H,4-11H2,1-3H3,(H,14,17)/p+1. The minimum atomic E-state index is -3.18. The molecule has 7 heteroatoms. The average molecular weight is 306 g/mol. The van der Waals surface area contributed by atoms with Gasteiger partial charge in [0.15, 0.2) is 0 Å². The molecule has 1 atom stereocenters. The SMILES string of the molecule is CCCS(=O)(=O)N1CCCC(C(=O)NCC[NH+](C)C)C1. The third kappa shape index (κ3) is 5.38. The van der Waals surface area contributed by atoms with E-state index in [9.17, 15) is 13.2 Å². The number of carbonyl (C=O) groups excluding carboxylic acids is 1. The maximum absolute atomic E-state index is 12.1. The fraction of sp³-hybridized carbons (Fsp3) is 0.923. The van der Waals surface area contributed by atoms with E-state index in [1.807, 2.05) is 21.0 Å². The van der Waals surface area contributed by atoms with Crippen LogP contribution in [0.1, 0.15) is 26.2 Å². The van der Waals surface area contributed by atoms with Crippen molar-refractivity contribution in [3.8, 4) is 0 Å². The lowest BCUT2D eigenvalue weighted by molar-refractivity contribution is -0.856. The van der Waals surface area contributed by atoms with Crippen molar-refractivity contribution in [3.63, 3.8) is 0 Å². The van der Waals surface area contributed by atoms with Crippen molar-refractivity contribution in [2.45, 2.75) is 26.2 Å². The number of likely N-dealkylation sites (N-methyl/N-ethyl adjacent to an activating group) is 1. The number of carbonyl (C=O) groups is 1. The zero-order valence-electron chi connectivity index (χ0n) is 12.8. The molecule has 0 bridgehead atoms. The van der Waals surface area contributed by atoms with Crippen LogP contribution in [0.3, 0.4) is 0 Å². The van der Waals surface area contributed by atoms with Crippen molar-refractivity contribution in [1.82, 2.24) is 9.62 Å². The van der Waals surface area contributed by atoms with Gasteiger partial charge in [0.1, 0.15) is 0 Å². The summed E-state index contributed by atoms with van der Waals surface area (Å²) in [5, 5.41) is 2.91. The topological polar surface area (TPSA) is 70.9 Å². The third-order valence-electron chi connectivity index (χ3n) is 3.53. The number of nitrogens with zero attached hydrogens (tertiary/aromatic N) is 1. The molecule has 0 aromatic carbocycles. The Bertz CT molecular complexity index is 409. The number of amides is 1. The molecule has 1 amide bonds. The largest absolute Gasteiger partial charge is 0.350 e. The lowest BCUT2D eigenvalue weighted by atomic mass is 9.99. The maximum Gasteiger partial charge on any atom is 0.224 e. The third-order valence-corrected chi connectivity index (χ3v) is 5.58. The summed E-state index contributed by atoms with van der Waals surface area (Å²) in [6, 6.07) is 0. The summed E-state index contributed by atoms with van der Waals surface area (Å²) in [6.45, 7) is 4.25. The molecule has 1 rings (SSSR count). The van der Waals surface area contributed by atoms with Gasteiger partial charge < -0.3 is 10.2 Å². The summed E-state index contributed by atoms with van der Waals surface area (Å²) in [7, 11) is 0.883. The minimum Gasteiger partial charge on any atom is -0.350 e. The summed E-state index contributed by atoms with van der Waals surface area (Å²) in [4.78, 5) is 13.3. The number of hydrogen-bond acceptors (Lipinski definition) is 3. The van der Waals surface area contributed by atoms with E-state index in [2.05, 4.69) is 5.32 Å². The summed E-state index contributed by atoms with van der Waals surface area (Å²) >= 11 is 0. The van der Waals surface area contributed by atoms with Crippen LogP contribution in [0.4, 0.5) is 0 Å². The van der Waals surface area contributed by atoms with Gasteiger partial charge in [-0.3, -0.25) is 4.79 Å². The smallest absolute Gasteiger partial charge is 0.224 e. The first kappa shape index (κ1) is 17.4. The lowest BCUT2D eigenvalue weighted by Gasteiger charge is -2.31. The predicted octanol–water partition coefficient (Wildman–Crippen LogP) is -1.30. The summed E-state index contributed by atoms with van der Waals surface area (Å²) in [5.41, 5.74) is 0. The van der Waals surface area contributed by atoms with Gasteiger partial charge in [0.05, 0.1) is 38.9 Å². The van der Waals surface area contributed by atoms with Gasteiger partial charge in [-0.1, -0.05) is 6.92 Å². The van der Waals surface area contributed by atoms with Gasteiger partial charge in [0, 0.05) is 13.1 Å². The van der Waals surface area contributed by atoms with Gasteiger partial charge in [0.25, 0.3) is 0 Å². The lowest BCUT2D eigenvalue weighted by Crippen LogP contribution is -3.06. The van der Waals surface area contributed by atoms with E-state index < -0.39 is 10.0 Å². The zero-order chi connectivity index (χ0) is 15.2. The molecule has 1 aliphatic heterocycles. The highest BCUT2D eigenvalue weighted by Gasteiger charge is 2.31. The summed E-state index contributed by atoms with van der Waals surface area (Å²) in [6.07, 6.45) is 2.15. The van der Waals surface area contributed by atoms with Crippen LogP contribution in [0.25, 0.3) is 0 Å². The highest BCUT2D eigenvalue weighted by atomic mass is 32.2. The van der Waals surface area contributed by atoms with Crippen LogP contribution in [0.2, 0.25) is 0 Å². The molecule has 1 saturated heterocycles. The number of quaternary nitrogens is 1. The highest BCUT2D eigenvalue weighted by molar-refractivity contribution is 7.89. The van der Waals surface area contributed by atoms with E-state index in [0.717, 1.165) is 19.4 Å². The van der Waals surface area contributed by atoms with Gasteiger partial charge in [-0.25, -0.2) is 12.7 Å². The highest BCUT2D eigenvalue weighted by Crippen LogP contribution is 2.19. The van der Waals surface area contributed by atoms with E-state index in [-0.39, 0.29) is 17.6 Å². The van der Waals surface area contributed by atoms with Gasteiger partial charge in [-0.15, -0.1) is 0 Å². The Morgan fingerprint density at radius 2 is 2.10 bits per heavy atom. The molecule has 118 valence electrons. The Balaban J connectivity index is 2.50. The minimum absolute atomic E-state index is 0.0114. The Morgan fingerprint density at radius 1 is 1.40 bits per heavy atom. The first-order valence-corrected chi connectivity index (χ1v) is 9.02. The van der Waals surface area contributed by atoms with Gasteiger partial charge in [-0.05, 0) is 19.3 Å². The van der Waals surface area contributed by atoms with Crippen molar-refractivity contribution in [3.05, 3.63) is 0 Å². The second-order valence-corrected chi connectivity index (χ2v) is 7.85. The van der Waals surface area contributed by atoms with E-state index in [1.54, 1.807) is 0 Å². The van der Waals surface area contributed by atoms with Crippen LogP contribution in [0.15, 0.2) is 0 Å². The molecule has 0 aliphatic carbocycles. The van der Waals surface area contributed by atoms with E-state index in [0.29, 0.717) is 26.1 Å². The zero-order valence-corrected chi connectivity index (χ0v) is 13.6. The summed E-state index contributed by atoms with van der Waals surface area (Å²) in [5.74, 6) is -0.0408. The molecule has 0 aromatic heterocycles. The van der Waals surface area contributed by atoms with Crippen LogP contribution in [-0.2, 0) is 14.8 Å². The van der Waals surface area contributed by atoms with Crippen LogP contribution >= 0.6 is 0 Å². The Hall–Kier alpha value is -0.660. The molecule has 20 heavy (non-hydrogen) atoms. The first-order chi connectivity index (χ1) is 9.36. The molecule has 1 heterocycles. The molecule has 1 aliphatic rings. The molecule has 1 fully saturated rings. The number of sulfonamides is 1. The molecule has 6 nitrogen and oxygen atoms in total. The van der Waals surface area contributed by atoms with Crippen LogP contribution in [-0.4, -0.2) is 64.7 Å². The Labute approximate surface area is 122 Å². The van der Waals surface area contributed by atoms with Crippen LogP contribution in [0.5, 0.6) is 0 Å². The molecular formula is C13H28N3O3S+. The van der Waals surface area contributed by atoms with Crippen LogP contribution in [0, 0.1) is 5.92 Å². The summed E-state index contributed by atoms with van der Waals surface area (Å²) < 4.78 is 25.6. The molecule has 2 N–H and O–H groups in total. The fourth-order valence-corrected chi connectivity index (χ4v) is 3.96. The monoisotopic (exact) mass is 306 g/mol. The average Bonchev–Trinajstić information content (AvgIpc) is 2.38. The van der Waals surface area contributed by atoms with Crippen molar-refractivity contribution in [1.29, 1.82) is 0 Å². The number of rotatable bonds is 7. The van der Waals surface area contributed by atoms with E-state index in [4.69, 9.17) is 0 Å². The van der Waals surface area contributed by atoms with E-state index in [1.165, 1.54) is 9.21 Å². The first-order valence-electron chi connectivity index (χ1n) is 7.41.